The number of benzene rings is 1. The summed E-state index contributed by atoms with van der Waals surface area (Å²) in [5.74, 6) is 0. The highest BCUT2D eigenvalue weighted by atomic mass is 32.1. The van der Waals surface area contributed by atoms with Crippen LogP contribution in [-0.2, 0) is 17.8 Å². The predicted octanol–water partition coefficient (Wildman–Crippen LogP) is 2.97. The Bertz CT molecular complexity index is 577. The number of nitrogens with two attached hydrogens (primary N) is 1. The van der Waals surface area contributed by atoms with Crippen molar-refractivity contribution in [2.75, 3.05) is 20.3 Å². The standard InChI is InChI=1S/C16H22N2OS/c1-19-9-8-18(12-6-7-12)11-14-13-4-2-3-5-15(13)20-16(14)10-17/h2-5,12H,6-11,17H2,1H3. The summed E-state index contributed by atoms with van der Waals surface area (Å²) in [4.78, 5) is 3.88. The Labute approximate surface area is 124 Å². The van der Waals surface area contributed by atoms with E-state index in [1.165, 1.54) is 33.4 Å². The second-order valence-corrected chi connectivity index (χ2v) is 6.54. The van der Waals surface area contributed by atoms with Crippen molar-refractivity contribution in [3.8, 4) is 0 Å². The van der Waals surface area contributed by atoms with Crippen molar-refractivity contribution in [3.05, 3.63) is 34.7 Å². The molecule has 3 nitrogen and oxygen atoms in total. The van der Waals surface area contributed by atoms with Crippen LogP contribution >= 0.6 is 11.3 Å². The van der Waals surface area contributed by atoms with E-state index in [1.54, 1.807) is 7.11 Å². The third-order valence-electron chi connectivity index (χ3n) is 3.97. The van der Waals surface area contributed by atoms with Gasteiger partial charge in [-0.15, -0.1) is 11.3 Å². The number of hydrogen-bond acceptors (Lipinski definition) is 4. The van der Waals surface area contributed by atoms with Gasteiger partial charge in [0.2, 0.25) is 0 Å². The lowest BCUT2D eigenvalue weighted by Crippen LogP contribution is -2.29. The van der Waals surface area contributed by atoms with E-state index in [1.807, 2.05) is 11.3 Å². The first kappa shape index (κ1) is 14.0. The van der Waals surface area contributed by atoms with Gasteiger partial charge in [-0.05, 0) is 29.9 Å². The van der Waals surface area contributed by atoms with Gasteiger partial charge in [-0.25, -0.2) is 0 Å². The number of nitrogens with zero attached hydrogens (tertiary/aromatic N) is 1. The van der Waals surface area contributed by atoms with Gasteiger partial charge in [-0.1, -0.05) is 18.2 Å². The summed E-state index contributed by atoms with van der Waals surface area (Å²) < 4.78 is 6.60. The Morgan fingerprint density at radius 3 is 2.85 bits per heavy atom. The maximum Gasteiger partial charge on any atom is 0.0589 e. The highest BCUT2D eigenvalue weighted by Crippen LogP contribution is 2.35. The molecule has 0 aliphatic heterocycles. The molecule has 1 fully saturated rings. The van der Waals surface area contributed by atoms with Crippen molar-refractivity contribution >= 4 is 21.4 Å². The molecule has 1 aliphatic rings. The lowest BCUT2D eigenvalue weighted by atomic mass is 10.1. The molecular weight excluding hydrogens is 268 g/mol. The molecule has 0 unspecified atom stereocenters. The third-order valence-corrected chi connectivity index (χ3v) is 5.21. The van der Waals surface area contributed by atoms with Gasteiger partial charge < -0.3 is 10.5 Å². The minimum atomic E-state index is 0.636. The molecule has 0 radical (unpaired) electrons. The van der Waals surface area contributed by atoms with Crippen LogP contribution in [0.1, 0.15) is 23.3 Å². The van der Waals surface area contributed by atoms with Crippen molar-refractivity contribution in [3.63, 3.8) is 0 Å². The smallest absolute Gasteiger partial charge is 0.0589 e. The average molecular weight is 290 g/mol. The molecule has 1 aliphatic carbocycles. The van der Waals surface area contributed by atoms with Gasteiger partial charge in [0.25, 0.3) is 0 Å². The van der Waals surface area contributed by atoms with E-state index in [0.717, 1.165) is 25.7 Å². The van der Waals surface area contributed by atoms with Gasteiger partial charge in [0.05, 0.1) is 6.61 Å². The SMILES string of the molecule is COCCN(Cc1c(CN)sc2ccccc12)C1CC1. The lowest BCUT2D eigenvalue weighted by Gasteiger charge is -2.22. The first-order valence-electron chi connectivity index (χ1n) is 7.26. The molecule has 3 rings (SSSR count). The fourth-order valence-electron chi connectivity index (χ4n) is 2.73. The van der Waals surface area contributed by atoms with Gasteiger partial charge in [0, 0.05) is 42.4 Å². The monoisotopic (exact) mass is 290 g/mol. The molecule has 108 valence electrons. The molecular formula is C16H22N2OS. The quantitative estimate of drug-likeness (QED) is 0.852. The number of hydrogen-bond donors (Lipinski definition) is 1. The molecule has 2 N–H and O–H groups in total. The molecule has 20 heavy (non-hydrogen) atoms. The van der Waals surface area contributed by atoms with Crippen molar-refractivity contribution in [1.29, 1.82) is 0 Å². The fraction of sp³-hybridized carbons (Fsp3) is 0.500. The molecule has 0 bridgehead atoms. The van der Waals surface area contributed by atoms with E-state index >= 15 is 0 Å². The Hall–Kier alpha value is -0.940. The lowest BCUT2D eigenvalue weighted by molar-refractivity contribution is 0.140. The molecule has 1 saturated carbocycles. The third kappa shape index (κ3) is 2.88. The molecule has 2 aromatic rings. The Kier molecular flexibility index (Phi) is 4.36. The van der Waals surface area contributed by atoms with Crippen LogP contribution in [0, 0.1) is 0 Å². The van der Waals surface area contributed by atoms with E-state index in [2.05, 4.69) is 29.2 Å². The van der Waals surface area contributed by atoms with Crippen LogP contribution in [0.2, 0.25) is 0 Å². The van der Waals surface area contributed by atoms with E-state index in [-0.39, 0.29) is 0 Å². The number of fused-ring (bicyclic) bond motifs is 1. The zero-order valence-corrected chi connectivity index (χ0v) is 12.8. The Morgan fingerprint density at radius 2 is 2.15 bits per heavy atom. The fourth-order valence-corrected chi connectivity index (χ4v) is 3.82. The number of thiophene rings is 1. The number of methoxy groups -OCH3 is 1. The molecule has 0 saturated heterocycles. The highest BCUT2D eigenvalue weighted by Gasteiger charge is 2.29. The highest BCUT2D eigenvalue weighted by molar-refractivity contribution is 7.19. The summed E-state index contributed by atoms with van der Waals surface area (Å²) in [6.45, 7) is 3.45. The van der Waals surface area contributed by atoms with Crippen LogP contribution in [0.15, 0.2) is 24.3 Å². The van der Waals surface area contributed by atoms with Crippen LogP contribution in [0.5, 0.6) is 0 Å². The molecule has 4 heteroatoms. The van der Waals surface area contributed by atoms with Crippen LogP contribution < -0.4 is 5.73 Å². The molecule has 1 heterocycles. The summed E-state index contributed by atoms with van der Waals surface area (Å²) in [6.07, 6.45) is 2.65. The van der Waals surface area contributed by atoms with E-state index < -0.39 is 0 Å². The minimum absolute atomic E-state index is 0.636. The predicted molar refractivity (Wildman–Crippen MR) is 85.0 cm³/mol. The van der Waals surface area contributed by atoms with E-state index in [9.17, 15) is 0 Å². The van der Waals surface area contributed by atoms with Gasteiger partial charge in [0.15, 0.2) is 0 Å². The van der Waals surface area contributed by atoms with Crippen LogP contribution in [0.4, 0.5) is 0 Å². The summed E-state index contributed by atoms with van der Waals surface area (Å²) in [5.41, 5.74) is 7.38. The van der Waals surface area contributed by atoms with Gasteiger partial charge in [-0.2, -0.15) is 0 Å². The molecule has 1 aromatic carbocycles. The first-order chi connectivity index (χ1) is 9.83. The largest absolute Gasteiger partial charge is 0.383 e. The number of rotatable bonds is 7. The summed E-state index contributed by atoms with van der Waals surface area (Å²) in [7, 11) is 1.77. The Balaban J connectivity index is 1.87. The van der Waals surface area contributed by atoms with Crippen molar-refractivity contribution in [2.45, 2.75) is 32.0 Å². The maximum absolute atomic E-state index is 5.95. The van der Waals surface area contributed by atoms with Crippen LogP contribution in [0.3, 0.4) is 0 Å². The average Bonchev–Trinajstić information content (AvgIpc) is 3.26. The first-order valence-corrected chi connectivity index (χ1v) is 8.07. The minimum Gasteiger partial charge on any atom is -0.383 e. The van der Waals surface area contributed by atoms with Crippen molar-refractivity contribution < 1.29 is 4.74 Å². The van der Waals surface area contributed by atoms with Crippen molar-refractivity contribution in [1.82, 2.24) is 4.90 Å². The van der Waals surface area contributed by atoms with Gasteiger partial charge in [0.1, 0.15) is 0 Å². The second kappa shape index (κ2) is 6.22. The Morgan fingerprint density at radius 1 is 1.35 bits per heavy atom. The molecule has 0 atom stereocenters. The zero-order valence-electron chi connectivity index (χ0n) is 12.0. The summed E-state index contributed by atoms with van der Waals surface area (Å²) in [5, 5.41) is 1.38. The van der Waals surface area contributed by atoms with E-state index in [0.29, 0.717) is 6.54 Å². The van der Waals surface area contributed by atoms with Gasteiger partial charge >= 0.3 is 0 Å². The zero-order chi connectivity index (χ0) is 13.9. The maximum atomic E-state index is 5.95. The molecule has 1 aromatic heterocycles. The van der Waals surface area contributed by atoms with Gasteiger partial charge in [-0.3, -0.25) is 4.90 Å². The topological polar surface area (TPSA) is 38.5 Å². The van der Waals surface area contributed by atoms with Crippen LogP contribution in [-0.4, -0.2) is 31.2 Å². The number of ether oxygens (including phenoxy) is 1. The van der Waals surface area contributed by atoms with E-state index in [4.69, 9.17) is 10.5 Å². The summed E-state index contributed by atoms with van der Waals surface area (Å²) in [6, 6.07) is 9.39. The van der Waals surface area contributed by atoms with Crippen LogP contribution in [0.25, 0.3) is 10.1 Å². The second-order valence-electron chi connectivity index (χ2n) is 5.40. The molecule has 0 spiro atoms. The molecule has 0 amide bonds. The van der Waals surface area contributed by atoms with Crippen molar-refractivity contribution in [2.24, 2.45) is 5.73 Å². The normalized spacial score (nSPS) is 15.3. The summed E-state index contributed by atoms with van der Waals surface area (Å²) >= 11 is 1.84.